The molecule has 18 nitrogen and oxygen atoms in total. The number of hydrogen-bond donors (Lipinski definition) is 2. The van der Waals surface area contributed by atoms with E-state index in [1.54, 1.807) is 0 Å². The van der Waals surface area contributed by atoms with Crippen molar-refractivity contribution in [3.63, 3.8) is 0 Å². The minimum Gasteiger partial charge on any atom is -0.305 e. The molecule has 0 spiro atoms. The standard InChI is InChI=1S/C19H16N8O10/c1-22-14-8(16(26(34)35)12(24(30)31)6-10(14)20-18(22)28)4-3-5-9-15-11(21-19(29)23(15)2)7-13(25(32)33)17(9)27(36)37/h6-7H,3-5H2,1-2H3,(H,20,28)(H,21,29). The van der Waals surface area contributed by atoms with Gasteiger partial charge in [-0.15, -0.1) is 0 Å². The van der Waals surface area contributed by atoms with Gasteiger partial charge in [-0.3, -0.25) is 49.6 Å². The smallest absolute Gasteiger partial charge is 0.305 e. The summed E-state index contributed by atoms with van der Waals surface area (Å²) >= 11 is 0. The summed E-state index contributed by atoms with van der Waals surface area (Å²) in [5.41, 5.74) is -5.05. The van der Waals surface area contributed by atoms with Gasteiger partial charge < -0.3 is 9.97 Å². The van der Waals surface area contributed by atoms with E-state index in [1.165, 1.54) is 14.1 Å². The highest BCUT2D eigenvalue weighted by molar-refractivity contribution is 5.89. The lowest BCUT2D eigenvalue weighted by atomic mass is 9.98. The first-order chi connectivity index (χ1) is 17.3. The molecule has 0 aliphatic rings. The number of nitrogens with one attached hydrogen (secondary N) is 2. The van der Waals surface area contributed by atoms with Crippen molar-refractivity contribution in [1.29, 1.82) is 0 Å². The van der Waals surface area contributed by atoms with Crippen molar-refractivity contribution in [3.8, 4) is 0 Å². The number of nitrogens with zero attached hydrogens (tertiary/aromatic N) is 6. The zero-order chi connectivity index (χ0) is 27.3. The lowest BCUT2D eigenvalue weighted by Crippen LogP contribution is -2.13. The third-order valence-corrected chi connectivity index (χ3v) is 6.08. The summed E-state index contributed by atoms with van der Waals surface area (Å²) in [7, 11) is 2.62. The molecule has 0 aliphatic heterocycles. The van der Waals surface area contributed by atoms with E-state index in [0.717, 1.165) is 21.3 Å². The summed E-state index contributed by atoms with van der Waals surface area (Å²) in [6, 6.07) is 1.76. The second kappa shape index (κ2) is 8.66. The number of nitro groups is 4. The van der Waals surface area contributed by atoms with E-state index < -0.39 is 53.8 Å². The first-order valence-corrected chi connectivity index (χ1v) is 10.4. The van der Waals surface area contributed by atoms with Crippen molar-refractivity contribution in [3.05, 3.63) is 84.7 Å². The summed E-state index contributed by atoms with van der Waals surface area (Å²) in [6.07, 6.45) is -0.647. The number of rotatable bonds is 8. The molecule has 2 aromatic carbocycles. The zero-order valence-electron chi connectivity index (χ0n) is 19.0. The summed E-state index contributed by atoms with van der Waals surface area (Å²) in [5, 5.41) is 46.7. The fourth-order valence-electron chi connectivity index (χ4n) is 4.56. The Morgan fingerprint density at radius 3 is 1.32 bits per heavy atom. The molecular weight excluding hydrogens is 500 g/mol. The van der Waals surface area contributed by atoms with Gasteiger partial charge in [0.25, 0.3) is 0 Å². The number of benzene rings is 2. The van der Waals surface area contributed by atoms with Crippen molar-refractivity contribution in [2.75, 3.05) is 0 Å². The maximum atomic E-state index is 12.1. The van der Waals surface area contributed by atoms with Crippen LogP contribution < -0.4 is 11.4 Å². The van der Waals surface area contributed by atoms with Gasteiger partial charge in [0.1, 0.15) is 0 Å². The van der Waals surface area contributed by atoms with Crippen molar-refractivity contribution < 1.29 is 19.7 Å². The summed E-state index contributed by atoms with van der Waals surface area (Å²) < 4.78 is 2.09. The minimum absolute atomic E-state index is 0.0171. The molecule has 2 N–H and O–H groups in total. The molecule has 0 amide bonds. The molecule has 0 radical (unpaired) electrons. The van der Waals surface area contributed by atoms with E-state index in [9.17, 15) is 50.0 Å². The molecular formula is C19H16N8O10. The van der Waals surface area contributed by atoms with E-state index in [1.807, 2.05) is 0 Å². The Bertz CT molecular complexity index is 1660. The quantitative estimate of drug-likeness (QED) is 0.254. The maximum Gasteiger partial charge on any atom is 0.351 e. The number of aromatic nitrogens is 4. The molecule has 0 fully saturated rings. The average Bonchev–Trinajstić information content (AvgIpc) is 3.26. The van der Waals surface area contributed by atoms with Crippen LogP contribution in [0.5, 0.6) is 0 Å². The monoisotopic (exact) mass is 516 g/mol. The molecule has 0 bridgehead atoms. The molecule has 0 aliphatic carbocycles. The Balaban J connectivity index is 1.90. The average molecular weight is 516 g/mol. The van der Waals surface area contributed by atoms with Crippen molar-refractivity contribution >= 4 is 44.8 Å². The Kier molecular flexibility index (Phi) is 5.78. The zero-order valence-corrected chi connectivity index (χ0v) is 19.0. The van der Waals surface area contributed by atoms with Gasteiger partial charge in [0.2, 0.25) is 0 Å². The van der Waals surface area contributed by atoms with Crippen LogP contribution >= 0.6 is 0 Å². The molecule has 0 atom stereocenters. The summed E-state index contributed by atoms with van der Waals surface area (Å²) in [4.78, 5) is 72.0. The molecule has 2 aromatic heterocycles. The van der Waals surface area contributed by atoms with Gasteiger partial charge in [0, 0.05) is 26.2 Å². The highest BCUT2D eigenvalue weighted by Crippen LogP contribution is 2.39. The first-order valence-electron chi connectivity index (χ1n) is 10.4. The van der Waals surface area contributed by atoms with E-state index in [0.29, 0.717) is 0 Å². The number of H-pyrrole nitrogens is 2. The largest absolute Gasteiger partial charge is 0.351 e. The lowest BCUT2D eigenvalue weighted by molar-refractivity contribution is -0.422. The summed E-state index contributed by atoms with van der Waals surface area (Å²) in [5.74, 6) is 0. The number of fused-ring (bicyclic) bond motifs is 2. The van der Waals surface area contributed by atoms with Crippen LogP contribution in [0.2, 0.25) is 0 Å². The van der Waals surface area contributed by atoms with Gasteiger partial charge in [0.05, 0.1) is 52.9 Å². The third-order valence-electron chi connectivity index (χ3n) is 6.08. The molecule has 2 heterocycles. The second-order valence-corrected chi connectivity index (χ2v) is 8.10. The molecule has 0 unspecified atom stereocenters. The van der Waals surface area contributed by atoms with Crippen molar-refractivity contribution in [2.24, 2.45) is 14.1 Å². The highest BCUT2D eigenvalue weighted by Gasteiger charge is 2.35. The Hall–Kier alpha value is -5.42. The van der Waals surface area contributed by atoms with Crippen LogP contribution in [0.15, 0.2) is 21.7 Å². The molecule has 0 saturated heterocycles. The topological polar surface area (TPSA) is 248 Å². The number of nitro benzene ring substituents is 4. The van der Waals surface area contributed by atoms with Crippen LogP contribution in [0.25, 0.3) is 22.1 Å². The van der Waals surface area contributed by atoms with Crippen LogP contribution in [0.3, 0.4) is 0 Å². The van der Waals surface area contributed by atoms with Gasteiger partial charge in [-0.2, -0.15) is 0 Å². The molecule has 18 heteroatoms. The maximum absolute atomic E-state index is 12.1. The van der Waals surface area contributed by atoms with Gasteiger partial charge >= 0.3 is 34.1 Å². The van der Waals surface area contributed by atoms with Gasteiger partial charge in [-0.25, -0.2) is 9.59 Å². The number of aryl methyl sites for hydroxylation is 4. The van der Waals surface area contributed by atoms with E-state index in [2.05, 4.69) is 9.97 Å². The van der Waals surface area contributed by atoms with Gasteiger partial charge in [0.15, 0.2) is 0 Å². The van der Waals surface area contributed by atoms with Crippen LogP contribution in [0.4, 0.5) is 22.7 Å². The SMILES string of the molecule is Cn1c(=O)[nH]c2cc([N+](=O)[O-])c([N+](=O)[O-])c(CCCc3c([N+](=O)[O-])c([N+](=O)[O-])cc4[nH]c(=O)n(C)c34)c21. The summed E-state index contributed by atoms with van der Waals surface area (Å²) in [6.45, 7) is 0. The normalized spacial score (nSPS) is 11.3. The molecule has 37 heavy (non-hydrogen) atoms. The molecule has 192 valence electrons. The van der Waals surface area contributed by atoms with Crippen LogP contribution in [0, 0.1) is 40.5 Å². The van der Waals surface area contributed by atoms with Gasteiger partial charge in [-0.05, 0) is 19.3 Å². The predicted molar refractivity (Wildman–Crippen MR) is 126 cm³/mol. The molecule has 4 rings (SSSR count). The Labute approximate surface area is 202 Å². The van der Waals surface area contributed by atoms with Crippen molar-refractivity contribution in [2.45, 2.75) is 19.3 Å². The van der Waals surface area contributed by atoms with E-state index in [4.69, 9.17) is 0 Å². The number of imidazole rings is 2. The highest BCUT2D eigenvalue weighted by atomic mass is 16.6. The second-order valence-electron chi connectivity index (χ2n) is 8.10. The molecule has 4 aromatic rings. The van der Waals surface area contributed by atoms with Crippen LogP contribution in [0.1, 0.15) is 17.5 Å². The van der Waals surface area contributed by atoms with E-state index in [-0.39, 0.29) is 52.5 Å². The van der Waals surface area contributed by atoms with Crippen LogP contribution in [-0.4, -0.2) is 38.8 Å². The number of aromatic amines is 2. The van der Waals surface area contributed by atoms with Crippen molar-refractivity contribution in [1.82, 2.24) is 19.1 Å². The minimum atomic E-state index is -0.961. The van der Waals surface area contributed by atoms with Gasteiger partial charge in [-0.1, -0.05) is 0 Å². The molecule has 0 saturated carbocycles. The predicted octanol–water partition coefficient (Wildman–Crippen LogP) is 1.85. The Morgan fingerprint density at radius 2 is 1.03 bits per heavy atom. The van der Waals surface area contributed by atoms with Crippen LogP contribution in [-0.2, 0) is 26.9 Å². The number of hydrogen-bond acceptors (Lipinski definition) is 10. The third kappa shape index (κ3) is 3.85. The lowest BCUT2D eigenvalue weighted by Gasteiger charge is -2.09. The fourth-order valence-corrected chi connectivity index (χ4v) is 4.56. The first kappa shape index (κ1) is 24.7. The Morgan fingerprint density at radius 1 is 0.676 bits per heavy atom. The fraction of sp³-hybridized carbons (Fsp3) is 0.263. The van der Waals surface area contributed by atoms with E-state index >= 15 is 0 Å².